The van der Waals surface area contributed by atoms with Gasteiger partial charge in [-0.25, -0.2) is 4.68 Å². The predicted octanol–water partition coefficient (Wildman–Crippen LogP) is 2.73. The molecule has 0 bridgehead atoms. The summed E-state index contributed by atoms with van der Waals surface area (Å²) in [6, 6.07) is 12.0. The number of aromatic nitrogens is 2. The number of amides is 1. The van der Waals surface area contributed by atoms with E-state index < -0.39 is 10.8 Å². The fourth-order valence-corrected chi connectivity index (χ4v) is 2.65. The molecule has 0 atom stereocenters. The molecule has 0 spiro atoms. The molecule has 0 saturated heterocycles. The number of methoxy groups -OCH3 is 2. The Morgan fingerprint density at radius 3 is 2.50 bits per heavy atom. The molecule has 0 radical (unpaired) electrons. The van der Waals surface area contributed by atoms with E-state index >= 15 is 0 Å². The zero-order valence-corrected chi connectivity index (χ0v) is 15.3. The number of carbonyl (C=O) groups excluding carboxylic acids is 1. The van der Waals surface area contributed by atoms with Gasteiger partial charge in [-0.05, 0) is 12.1 Å². The number of nitrogens with one attached hydrogen (secondary N) is 1. The molecule has 28 heavy (non-hydrogen) atoms. The van der Waals surface area contributed by atoms with Crippen molar-refractivity contribution in [3.63, 3.8) is 0 Å². The fourth-order valence-electron chi connectivity index (χ4n) is 2.65. The molecular weight excluding hydrogens is 364 g/mol. The van der Waals surface area contributed by atoms with Gasteiger partial charge in [0.25, 0.3) is 11.6 Å². The van der Waals surface area contributed by atoms with Crippen molar-refractivity contribution in [3.05, 3.63) is 76.1 Å². The summed E-state index contributed by atoms with van der Waals surface area (Å²) in [5, 5.41) is 18.3. The third kappa shape index (κ3) is 3.93. The Kier molecular flexibility index (Phi) is 5.54. The molecule has 1 aromatic heterocycles. The molecule has 0 fully saturated rings. The molecule has 1 N–H and O–H groups in total. The maximum absolute atomic E-state index is 12.5. The SMILES string of the molecule is COc1cc(C(=O)NCc2cnn(-c3ccccc3)c2)c([N+](=O)[O-])cc1OC. The van der Waals surface area contributed by atoms with Gasteiger partial charge in [0.2, 0.25) is 0 Å². The Bertz CT molecular complexity index is 1000. The van der Waals surface area contributed by atoms with Crippen LogP contribution in [0, 0.1) is 10.1 Å². The number of nitro groups is 1. The average molecular weight is 382 g/mol. The summed E-state index contributed by atoms with van der Waals surface area (Å²) in [5.74, 6) is -0.190. The number of para-hydroxylation sites is 1. The van der Waals surface area contributed by atoms with Crippen molar-refractivity contribution in [2.45, 2.75) is 6.54 Å². The maximum atomic E-state index is 12.5. The number of ether oxygens (including phenoxy) is 2. The topological polar surface area (TPSA) is 109 Å². The first-order chi connectivity index (χ1) is 13.5. The molecule has 0 aliphatic carbocycles. The summed E-state index contributed by atoms with van der Waals surface area (Å²) in [6.07, 6.45) is 3.40. The zero-order valence-electron chi connectivity index (χ0n) is 15.3. The highest BCUT2D eigenvalue weighted by Crippen LogP contribution is 2.34. The second-order valence-electron chi connectivity index (χ2n) is 5.79. The summed E-state index contributed by atoms with van der Waals surface area (Å²) in [7, 11) is 2.76. The van der Waals surface area contributed by atoms with Gasteiger partial charge in [0.1, 0.15) is 5.56 Å². The first kappa shape index (κ1) is 18.9. The van der Waals surface area contributed by atoms with Crippen LogP contribution in [0.4, 0.5) is 5.69 Å². The van der Waals surface area contributed by atoms with Crippen LogP contribution in [0.25, 0.3) is 5.69 Å². The Morgan fingerprint density at radius 1 is 1.18 bits per heavy atom. The van der Waals surface area contributed by atoms with Crippen molar-refractivity contribution in [1.82, 2.24) is 15.1 Å². The third-order valence-electron chi connectivity index (χ3n) is 4.05. The Hall–Kier alpha value is -3.88. The van der Waals surface area contributed by atoms with E-state index in [0.717, 1.165) is 11.3 Å². The van der Waals surface area contributed by atoms with Crippen LogP contribution in [-0.2, 0) is 6.54 Å². The van der Waals surface area contributed by atoms with Gasteiger partial charge in [-0.15, -0.1) is 0 Å². The first-order valence-electron chi connectivity index (χ1n) is 8.31. The second-order valence-corrected chi connectivity index (χ2v) is 5.79. The van der Waals surface area contributed by atoms with Gasteiger partial charge in [-0.1, -0.05) is 18.2 Å². The van der Waals surface area contributed by atoms with E-state index in [9.17, 15) is 14.9 Å². The summed E-state index contributed by atoms with van der Waals surface area (Å²) in [6.45, 7) is 0.164. The molecule has 9 heteroatoms. The molecule has 3 aromatic rings. The number of hydrogen-bond acceptors (Lipinski definition) is 6. The van der Waals surface area contributed by atoms with Gasteiger partial charge in [0.05, 0.1) is 37.1 Å². The van der Waals surface area contributed by atoms with Crippen LogP contribution in [0.15, 0.2) is 54.9 Å². The summed E-state index contributed by atoms with van der Waals surface area (Å²) in [4.78, 5) is 23.3. The van der Waals surface area contributed by atoms with Gasteiger partial charge in [0, 0.05) is 24.4 Å². The molecule has 0 aliphatic heterocycles. The second kappa shape index (κ2) is 8.21. The van der Waals surface area contributed by atoms with Crippen molar-refractivity contribution in [2.75, 3.05) is 14.2 Å². The molecule has 2 aromatic carbocycles. The minimum atomic E-state index is -0.635. The van der Waals surface area contributed by atoms with E-state index in [4.69, 9.17) is 9.47 Å². The molecule has 1 amide bonds. The van der Waals surface area contributed by atoms with Crippen molar-refractivity contribution in [1.29, 1.82) is 0 Å². The lowest BCUT2D eigenvalue weighted by Crippen LogP contribution is -2.23. The molecule has 3 rings (SSSR count). The largest absolute Gasteiger partial charge is 0.493 e. The van der Waals surface area contributed by atoms with Crippen molar-refractivity contribution in [3.8, 4) is 17.2 Å². The number of nitro benzene ring substituents is 1. The van der Waals surface area contributed by atoms with Crippen LogP contribution in [0.5, 0.6) is 11.5 Å². The maximum Gasteiger partial charge on any atom is 0.286 e. The Labute approximate surface area is 160 Å². The lowest BCUT2D eigenvalue weighted by atomic mass is 10.1. The van der Waals surface area contributed by atoms with E-state index in [2.05, 4.69) is 10.4 Å². The smallest absolute Gasteiger partial charge is 0.286 e. The van der Waals surface area contributed by atoms with Crippen LogP contribution in [-0.4, -0.2) is 34.8 Å². The molecule has 144 valence electrons. The third-order valence-corrected chi connectivity index (χ3v) is 4.05. The van der Waals surface area contributed by atoms with Crippen LogP contribution in [0.2, 0.25) is 0 Å². The number of carbonyl (C=O) groups is 1. The number of rotatable bonds is 7. The standard InChI is InChI=1S/C19H18N4O5/c1-27-17-8-15(16(23(25)26)9-18(17)28-2)19(24)20-10-13-11-21-22(12-13)14-6-4-3-5-7-14/h3-9,11-12H,10H2,1-2H3,(H,20,24). The molecule has 9 nitrogen and oxygen atoms in total. The first-order valence-corrected chi connectivity index (χ1v) is 8.31. The van der Waals surface area contributed by atoms with Crippen molar-refractivity contribution in [2.24, 2.45) is 0 Å². The summed E-state index contributed by atoms with van der Waals surface area (Å²) in [5.41, 5.74) is 1.16. The average Bonchev–Trinajstić information content (AvgIpc) is 3.20. The fraction of sp³-hybridized carbons (Fsp3) is 0.158. The van der Waals surface area contributed by atoms with Crippen molar-refractivity contribution < 1.29 is 19.2 Å². The van der Waals surface area contributed by atoms with Gasteiger partial charge in [-0.2, -0.15) is 5.10 Å². The molecule has 0 aliphatic rings. The number of hydrogen-bond donors (Lipinski definition) is 1. The Morgan fingerprint density at radius 2 is 1.86 bits per heavy atom. The predicted molar refractivity (Wildman–Crippen MR) is 101 cm³/mol. The number of benzene rings is 2. The highest BCUT2D eigenvalue weighted by atomic mass is 16.6. The lowest BCUT2D eigenvalue weighted by molar-refractivity contribution is -0.385. The van der Waals surface area contributed by atoms with E-state index in [1.807, 2.05) is 30.3 Å². The van der Waals surface area contributed by atoms with Gasteiger partial charge >= 0.3 is 0 Å². The van der Waals surface area contributed by atoms with Crippen LogP contribution in [0.1, 0.15) is 15.9 Å². The number of nitrogens with zero attached hydrogens (tertiary/aromatic N) is 3. The zero-order chi connectivity index (χ0) is 20.1. The minimum Gasteiger partial charge on any atom is -0.493 e. The van der Waals surface area contributed by atoms with Crippen molar-refractivity contribution >= 4 is 11.6 Å². The van der Waals surface area contributed by atoms with E-state index in [1.165, 1.54) is 26.4 Å². The quantitative estimate of drug-likeness (QED) is 0.497. The van der Waals surface area contributed by atoms with E-state index in [-0.39, 0.29) is 29.3 Å². The van der Waals surface area contributed by atoms with Gasteiger partial charge in [-0.3, -0.25) is 14.9 Å². The molecular formula is C19H18N4O5. The molecule has 1 heterocycles. The lowest BCUT2D eigenvalue weighted by Gasteiger charge is -2.10. The van der Waals surface area contributed by atoms with Gasteiger partial charge in [0.15, 0.2) is 11.5 Å². The monoisotopic (exact) mass is 382 g/mol. The highest BCUT2D eigenvalue weighted by Gasteiger charge is 2.24. The molecule has 0 unspecified atom stereocenters. The normalized spacial score (nSPS) is 10.4. The summed E-state index contributed by atoms with van der Waals surface area (Å²) >= 11 is 0. The van der Waals surface area contributed by atoms with Crippen LogP contribution in [0.3, 0.4) is 0 Å². The van der Waals surface area contributed by atoms with E-state index in [0.29, 0.717) is 0 Å². The highest BCUT2D eigenvalue weighted by molar-refractivity contribution is 5.99. The molecule has 0 saturated carbocycles. The van der Waals surface area contributed by atoms with Gasteiger partial charge < -0.3 is 14.8 Å². The van der Waals surface area contributed by atoms with Crippen LogP contribution < -0.4 is 14.8 Å². The Balaban J connectivity index is 1.78. The minimum absolute atomic E-state index is 0.113. The summed E-state index contributed by atoms with van der Waals surface area (Å²) < 4.78 is 11.9. The van der Waals surface area contributed by atoms with Crippen LogP contribution >= 0.6 is 0 Å². The van der Waals surface area contributed by atoms with E-state index in [1.54, 1.807) is 17.1 Å².